The van der Waals surface area contributed by atoms with Crippen molar-refractivity contribution in [2.45, 2.75) is 206 Å². The number of aliphatic hydroxyl groups is 1. The quantitative estimate of drug-likeness (QED) is 0.126. The van der Waals surface area contributed by atoms with Gasteiger partial charge in [0.25, 0.3) is 0 Å². The standard InChI is InChI=1S/C44H78O7Si2/c1-30-19-23-34(50-52(12,13)41(3,4)5)27-32(30)21-22-33-28-35(49-40(47)18-16-17-39(45)46)29-44(11)36(24-25-37(33)44)31(2)20-26-38(43(9,10)48)51-53(14,15)42(6,7)8/h21-22,31,34-38,48H,1,16-20,23-29H2,2-15H3,(H,45,46)/b32-21-,33-22+/t31-,34+,35+,36-,37+,38-,44-/m1/s1. The van der Waals surface area contributed by atoms with Crippen LogP contribution in [0.25, 0.3) is 0 Å². The Hall–Kier alpha value is -1.53. The molecule has 3 fully saturated rings. The van der Waals surface area contributed by atoms with Crippen LogP contribution in [0.3, 0.4) is 0 Å². The second-order valence-electron chi connectivity index (χ2n) is 20.9. The fourth-order valence-corrected chi connectivity index (χ4v) is 11.6. The van der Waals surface area contributed by atoms with Crippen molar-refractivity contribution in [2.75, 3.05) is 0 Å². The minimum atomic E-state index is -2.09. The summed E-state index contributed by atoms with van der Waals surface area (Å²) in [7, 11) is -4.00. The van der Waals surface area contributed by atoms with E-state index in [1.54, 1.807) is 0 Å². The Labute approximate surface area is 326 Å². The molecule has 2 N–H and O–H groups in total. The third-order valence-electron chi connectivity index (χ3n) is 14.1. The molecule has 3 saturated carbocycles. The van der Waals surface area contributed by atoms with E-state index in [-0.39, 0.29) is 59.0 Å². The lowest BCUT2D eigenvalue weighted by Crippen LogP contribution is -2.50. The SMILES string of the molecule is C=C1CC[C@H](O[Si](C)(C)C(C)(C)C)C/C1=C/C=C1\C[C@H](OC(=O)CCCC(=O)O)C[C@]2(C)[C@@H]([C@H](C)CC[C@@H](O[Si](C)(C)C(C)(C)C)C(C)(C)O)CC[C@@H]12. The Morgan fingerprint density at radius 2 is 1.53 bits per heavy atom. The molecule has 7 nitrogen and oxygen atoms in total. The van der Waals surface area contributed by atoms with Crippen molar-refractivity contribution >= 4 is 28.6 Å². The number of rotatable bonds is 15. The van der Waals surface area contributed by atoms with E-state index in [0.29, 0.717) is 24.2 Å². The third-order valence-corrected chi connectivity index (χ3v) is 23.1. The molecule has 0 amide bonds. The molecular weight excluding hydrogens is 697 g/mol. The van der Waals surface area contributed by atoms with Gasteiger partial charge in [-0.2, -0.15) is 0 Å². The summed E-state index contributed by atoms with van der Waals surface area (Å²) in [4.78, 5) is 24.1. The van der Waals surface area contributed by atoms with Crippen molar-refractivity contribution in [1.82, 2.24) is 0 Å². The summed E-state index contributed by atoms with van der Waals surface area (Å²) in [5.41, 5.74) is 2.81. The van der Waals surface area contributed by atoms with Crippen LogP contribution in [-0.2, 0) is 23.2 Å². The van der Waals surface area contributed by atoms with Gasteiger partial charge in [-0.25, -0.2) is 0 Å². The number of carbonyl (C=O) groups excluding carboxylic acids is 1. The van der Waals surface area contributed by atoms with Crippen LogP contribution in [0.15, 0.2) is 35.5 Å². The first-order chi connectivity index (χ1) is 24.1. The maximum atomic E-state index is 13.0. The second kappa shape index (κ2) is 17.3. The van der Waals surface area contributed by atoms with Crippen molar-refractivity contribution in [3.63, 3.8) is 0 Å². The van der Waals surface area contributed by atoms with Crippen molar-refractivity contribution in [3.05, 3.63) is 35.5 Å². The summed E-state index contributed by atoms with van der Waals surface area (Å²) in [5.74, 6) is 0.0158. The molecule has 0 saturated heterocycles. The average molecular weight is 775 g/mol. The van der Waals surface area contributed by atoms with Gasteiger partial charge in [0.05, 0.1) is 11.7 Å². The minimum absolute atomic E-state index is 0.0351. The maximum absolute atomic E-state index is 13.0. The van der Waals surface area contributed by atoms with Gasteiger partial charge in [-0.1, -0.05) is 85.3 Å². The first-order valence-corrected chi connectivity index (χ1v) is 26.5. The van der Waals surface area contributed by atoms with Crippen molar-refractivity contribution < 1.29 is 33.4 Å². The number of carboxylic acid groups (broad SMARTS) is 1. The summed E-state index contributed by atoms with van der Waals surface area (Å²) in [5, 5.41) is 20.6. The summed E-state index contributed by atoms with van der Waals surface area (Å²) in [6, 6.07) is 0. The molecule has 0 unspecified atom stereocenters. The molecule has 9 heteroatoms. The predicted octanol–water partition coefficient (Wildman–Crippen LogP) is 11.5. The van der Waals surface area contributed by atoms with Gasteiger partial charge in [-0.05, 0) is 137 Å². The normalized spacial score (nSPS) is 28.9. The van der Waals surface area contributed by atoms with Crippen LogP contribution >= 0.6 is 0 Å². The molecule has 3 rings (SSSR count). The van der Waals surface area contributed by atoms with Gasteiger partial charge in [-0.3, -0.25) is 9.59 Å². The molecule has 0 heterocycles. The molecular formula is C44H78O7Si2. The number of carbonyl (C=O) groups is 2. The molecule has 0 bridgehead atoms. The van der Waals surface area contributed by atoms with Gasteiger partial charge < -0.3 is 23.8 Å². The van der Waals surface area contributed by atoms with Crippen molar-refractivity contribution in [3.8, 4) is 0 Å². The van der Waals surface area contributed by atoms with Gasteiger partial charge in [0.1, 0.15) is 6.10 Å². The molecule has 3 aliphatic carbocycles. The zero-order chi connectivity index (χ0) is 40.4. The van der Waals surface area contributed by atoms with Crippen LogP contribution in [0.1, 0.15) is 146 Å². The topological polar surface area (TPSA) is 102 Å². The summed E-state index contributed by atoms with van der Waals surface area (Å²) in [6.07, 6.45) is 13.0. The fourth-order valence-electron chi connectivity index (χ4n) is 8.74. The Morgan fingerprint density at radius 3 is 2.09 bits per heavy atom. The van der Waals surface area contributed by atoms with E-state index in [4.69, 9.17) is 18.7 Å². The molecule has 0 aromatic heterocycles. The largest absolute Gasteiger partial charge is 0.481 e. The van der Waals surface area contributed by atoms with Gasteiger partial charge in [0, 0.05) is 25.4 Å². The molecule has 53 heavy (non-hydrogen) atoms. The molecule has 0 aromatic carbocycles. The highest BCUT2D eigenvalue weighted by atomic mass is 28.4. The molecule has 0 aromatic rings. The monoisotopic (exact) mass is 775 g/mol. The number of allylic oxidation sites excluding steroid dienone is 3. The highest BCUT2D eigenvalue weighted by molar-refractivity contribution is 6.74. The summed E-state index contributed by atoms with van der Waals surface area (Å²) in [6.45, 7) is 35.8. The summed E-state index contributed by atoms with van der Waals surface area (Å²) < 4.78 is 19.9. The van der Waals surface area contributed by atoms with Crippen molar-refractivity contribution in [1.29, 1.82) is 0 Å². The van der Waals surface area contributed by atoms with Crippen LogP contribution in [0, 0.1) is 23.2 Å². The highest BCUT2D eigenvalue weighted by Crippen LogP contribution is 2.60. The van der Waals surface area contributed by atoms with Crippen molar-refractivity contribution in [2.24, 2.45) is 23.2 Å². The number of ether oxygens (including phenoxy) is 1. The molecule has 0 radical (unpaired) electrons. The summed E-state index contributed by atoms with van der Waals surface area (Å²) >= 11 is 0. The van der Waals surface area contributed by atoms with Crippen LogP contribution < -0.4 is 0 Å². The number of esters is 1. The number of fused-ring (bicyclic) bond motifs is 1. The number of hydrogen-bond acceptors (Lipinski definition) is 6. The minimum Gasteiger partial charge on any atom is -0.481 e. The number of aliphatic carboxylic acids is 1. The molecule has 304 valence electrons. The van der Waals surface area contributed by atoms with Crippen LogP contribution in [-0.4, -0.2) is 62.7 Å². The lowest BCUT2D eigenvalue weighted by atomic mass is 9.60. The first-order valence-electron chi connectivity index (χ1n) is 20.6. The lowest BCUT2D eigenvalue weighted by Gasteiger charge is -2.47. The zero-order valence-corrected chi connectivity index (χ0v) is 38.2. The first kappa shape index (κ1) is 45.9. The third kappa shape index (κ3) is 12.0. The van der Waals surface area contributed by atoms with E-state index in [0.717, 1.165) is 51.4 Å². The molecule has 3 aliphatic rings. The van der Waals surface area contributed by atoms with E-state index in [1.807, 2.05) is 13.8 Å². The number of carboxylic acids is 1. The van der Waals surface area contributed by atoms with Gasteiger partial charge in [0.15, 0.2) is 16.6 Å². The highest BCUT2D eigenvalue weighted by Gasteiger charge is 2.54. The average Bonchev–Trinajstić information content (AvgIpc) is 3.34. The fraction of sp³-hybridized carbons (Fsp3) is 0.818. The lowest BCUT2D eigenvalue weighted by molar-refractivity contribution is -0.153. The molecule has 7 atom stereocenters. The van der Waals surface area contributed by atoms with E-state index in [9.17, 15) is 14.7 Å². The maximum Gasteiger partial charge on any atom is 0.306 e. The zero-order valence-electron chi connectivity index (χ0n) is 36.2. The van der Waals surface area contributed by atoms with Crippen LogP contribution in [0.4, 0.5) is 0 Å². The van der Waals surface area contributed by atoms with Crippen LogP contribution in [0.5, 0.6) is 0 Å². The van der Waals surface area contributed by atoms with Gasteiger partial charge in [0.2, 0.25) is 0 Å². The Balaban J connectivity index is 1.89. The Bertz CT molecular complexity index is 1360. The van der Waals surface area contributed by atoms with E-state index in [1.165, 1.54) is 16.7 Å². The van der Waals surface area contributed by atoms with E-state index in [2.05, 4.69) is 100 Å². The molecule has 0 spiro atoms. The van der Waals surface area contributed by atoms with E-state index < -0.39 is 28.2 Å². The molecule has 0 aliphatic heterocycles. The smallest absolute Gasteiger partial charge is 0.306 e. The van der Waals surface area contributed by atoms with Gasteiger partial charge in [-0.15, -0.1) is 0 Å². The Morgan fingerprint density at radius 1 is 0.906 bits per heavy atom. The van der Waals surface area contributed by atoms with Crippen LogP contribution in [0.2, 0.25) is 36.3 Å². The number of hydrogen-bond donors (Lipinski definition) is 2. The van der Waals surface area contributed by atoms with Gasteiger partial charge >= 0.3 is 11.9 Å². The Kier molecular flexibility index (Phi) is 15.0. The second-order valence-corrected chi connectivity index (χ2v) is 30.4. The van der Waals surface area contributed by atoms with E-state index >= 15 is 0 Å². The predicted molar refractivity (Wildman–Crippen MR) is 223 cm³/mol.